The number of carbonyl (C=O) groups excluding carboxylic acids is 2. The van der Waals surface area contributed by atoms with Gasteiger partial charge in [0.05, 0.1) is 16.3 Å². The van der Waals surface area contributed by atoms with Crippen LogP contribution in [0.3, 0.4) is 0 Å². The summed E-state index contributed by atoms with van der Waals surface area (Å²) in [4.78, 5) is 24.6. The number of carbonyl (C=O) groups is 2. The lowest BCUT2D eigenvalue weighted by atomic mass is 10.2. The van der Waals surface area contributed by atoms with Crippen LogP contribution in [0.4, 0.5) is 5.82 Å². The van der Waals surface area contributed by atoms with Crippen LogP contribution in [0.1, 0.15) is 26.4 Å². The van der Waals surface area contributed by atoms with E-state index in [2.05, 4.69) is 26.3 Å². The number of nitrogens with one attached hydrogen (secondary N) is 1. The van der Waals surface area contributed by atoms with Crippen LogP contribution in [0.15, 0.2) is 83.3 Å². The Morgan fingerprint density at radius 1 is 1.03 bits per heavy atom. The van der Waals surface area contributed by atoms with Crippen molar-refractivity contribution in [3.05, 3.63) is 105 Å². The van der Waals surface area contributed by atoms with E-state index >= 15 is 0 Å². The van der Waals surface area contributed by atoms with Crippen molar-refractivity contribution in [2.75, 3.05) is 5.32 Å². The van der Waals surface area contributed by atoms with Crippen LogP contribution in [0.5, 0.6) is 5.75 Å². The number of anilines is 1. The number of halogens is 2. The molecule has 0 spiro atoms. The van der Waals surface area contributed by atoms with E-state index < -0.39 is 11.8 Å². The van der Waals surface area contributed by atoms with Crippen LogP contribution in [-0.4, -0.2) is 21.6 Å². The highest BCUT2D eigenvalue weighted by atomic mass is 79.9. The molecule has 0 aliphatic carbocycles. The lowest BCUT2D eigenvalue weighted by Crippen LogP contribution is -2.15. The van der Waals surface area contributed by atoms with Crippen LogP contribution in [-0.2, 0) is 6.61 Å². The minimum atomic E-state index is -0.721. The number of primary amides is 1. The van der Waals surface area contributed by atoms with Crippen molar-refractivity contribution in [3.8, 4) is 11.4 Å². The fourth-order valence-electron chi connectivity index (χ4n) is 3.09. The van der Waals surface area contributed by atoms with E-state index in [-0.39, 0.29) is 22.1 Å². The molecule has 0 aliphatic heterocycles. The lowest BCUT2D eigenvalue weighted by Gasteiger charge is -2.12. The number of amides is 2. The molecular formula is C24H18BrClN4O3. The monoisotopic (exact) mass is 524 g/mol. The molecule has 9 heteroatoms. The summed E-state index contributed by atoms with van der Waals surface area (Å²) in [5.41, 5.74) is 7.28. The van der Waals surface area contributed by atoms with Crippen molar-refractivity contribution in [3.63, 3.8) is 0 Å². The molecule has 0 atom stereocenters. The number of benzene rings is 3. The van der Waals surface area contributed by atoms with Crippen molar-refractivity contribution < 1.29 is 14.3 Å². The topological polar surface area (TPSA) is 99.2 Å². The van der Waals surface area contributed by atoms with Gasteiger partial charge in [-0.2, -0.15) is 5.10 Å². The Balaban J connectivity index is 1.63. The lowest BCUT2D eigenvalue weighted by molar-refractivity contribution is 0.0992. The van der Waals surface area contributed by atoms with E-state index in [0.29, 0.717) is 22.5 Å². The van der Waals surface area contributed by atoms with Crippen molar-refractivity contribution in [2.24, 2.45) is 5.73 Å². The molecule has 0 unspecified atom stereocenters. The zero-order valence-electron chi connectivity index (χ0n) is 17.2. The van der Waals surface area contributed by atoms with Crippen LogP contribution >= 0.6 is 27.5 Å². The van der Waals surface area contributed by atoms with Gasteiger partial charge in [-0.1, -0.05) is 63.9 Å². The number of ether oxygens (including phenoxy) is 1. The van der Waals surface area contributed by atoms with Gasteiger partial charge in [-0.15, -0.1) is 0 Å². The first-order valence-electron chi connectivity index (χ1n) is 9.84. The van der Waals surface area contributed by atoms with E-state index in [9.17, 15) is 9.59 Å². The summed E-state index contributed by atoms with van der Waals surface area (Å²) in [6.45, 7) is 0.390. The summed E-state index contributed by atoms with van der Waals surface area (Å²) in [7, 11) is 0. The van der Waals surface area contributed by atoms with Gasteiger partial charge in [0.1, 0.15) is 18.2 Å². The Labute approximate surface area is 203 Å². The maximum atomic E-state index is 12.9. The Kier molecular flexibility index (Phi) is 6.76. The summed E-state index contributed by atoms with van der Waals surface area (Å²) < 4.78 is 8.00. The van der Waals surface area contributed by atoms with E-state index in [0.717, 1.165) is 5.56 Å². The number of rotatable bonds is 7. The van der Waals surface area contributed by atoms with E-state index in [1.165, 1.54) is 10.7 Å². The van der Waals surface area contributed by atoms with E-state index in [1.54, 1.807) is 36.4 Å². The second-order valence-electron chi connectivity index (χ2n) is 7.04. The predicted octanol–water partition coefficient (Wildman–Crippen LogP) is 5.22. The molecule has 166 valence electrons. The third kappa shape index (κ3) is 5.42. The third-order valence-corrected chi connectivity index (χ3v) is 5.51. The van der Waals surface area contributed by atoms with Crippen molar-refractivity contribution >= 4 is 45.2 Å². The molecule has 0 saturated carbocycles. The van der Waals surface area contributed by atoms with E-state index in [4.69, 9.17) is 22.1 Å². The van der Waals surface area contributed by atoms with Gasteiger partial charge in [-0.3, -0.25) is 9.59 Å². The van der Waals surface area contributed by atoms with E-state index in [1.807, 2.05) is 36.4 Å². The van der Waals surface area contributed by atoms with Crippen LogP contribution < -0.4 is 15.8 Å². The van der Waals surface area contributed by atoms with Gasteiger partial charge in [-0.25, -0.2) is 4.68 Å². The largest absolute Gasteiger partial charge is 0.489 e. The first-order valence-corrected chi connectivity index (χ1v) is 11.0. The number of nitrogens with zero attached hydrogens (tertiary/aromatic N) is 2. The molecule has 0 fully saturated rings. The molecule has 3 N–H and O–H groups in total. The van der Waals surface area contributed by atoms with Gasteiger partial charge >= 0.3 is 0 Å². The zero-order valence-corrected chi connectivity index (χ0v) is 19.5. The number of hydrogen-bond acceptors (Lipinski definition) is 4. The highest BCUT2D eigenvalue weighted by Crippen LogP contribution is 2.25. The average molecular weight is 526 g/mol. The molecule has 0 radical (unpaired) electrons. The minimum absolute atomic E-state index is 0.00115. The Hall–Kier alpha value is -3.62. The zero-order chi connectivity index (χ0) is 23.4. The SMILES string of the molecule is NC(=O)c1cc(NC(=O)c2cc(Br)ccc2Cl)n(-c2cccc(OCc3ccccc3)c2)n1. The highest BCUT2D eigenvalue weighted by Gasteiger charge is 2.18. The first kappa shape index (κ1) is 22.6. The average Bonchev–Trinajstić information content (AvgIpc) is 3.24. The highest BCUT2D eigenvalue weighted by molar-refractivity contribution is 9.10. The van der Waals surface area contributed by atoms with Crippen LogP contribution in [0.25, 0.3) is 5.69 Å². The van der Waals surface area contributed by atoms with Crippen molar-refractivity contribution in [2.45, 2.75) is 6.61 Å². The summed E-state index contributed by atoms with van der Waals surface area (Å²) in [6, 6.07) is 23.2. The molecule has 3 aromatic carbocycles. The maximum absolute atomic E-state index is 12.9. The molecule has 1 heterocycles. The molecule has 0 aliphatic rings. The first-order chi connectivity index (χ1) is 15.9. The van der Waals surface area contributed by atoms with Gasteiger partial charge in [0.2, 0.25) is 0 Å². The smallest absolute Gasteiger partial charge is 0.269 e. The summed E-state index contributed by atoms with van der Waals surface area (Å²) in [6.07, 6.45) is 0. The normalized spacial score (nSPS) is 10.6. The number of aromatic nitrogens is 2. The number of nitrogens with two attached hydrogens (primary N) is 1. The summed E-state index contributed by atoms with van der Waals surface area (Å²) in [5.74, 6) is -0.332. The van der Waals surface area contributed by atoms with Gasteiger partial charge in [0.25, 0.3) is 11.8 Å². The van der Waals surface area contributed by atoms with Gasteiger partial charge in [0, 0.05) is 16.6 Å². The maximum Gasteiger partial charge on any atom is 0.269 e. The molecule has 4 rings (SSSR count). The quantitative estimate of drug-likeness (QED) is 0.346. The second kappa shape index (κ2) is 9.89. The molecule has 33 heavy (non-hydrogen) atoms. The summed E-state index contributed by atoms with van der Waals surface area (Å²) in [5, 5.41) is 7.29. The predicted molar refractivity (Wildman–Crippen MR) is 130 cm³/mol. The molecule has 1 aromatic heterocycles. The van der Waals surface area contributed by atoms with Gasteiger partial charge in [-0.05, 0) is 35.9 Å². The number of hydrogen-bond donors (Lipinski definition) is 2. The summed E-state index contributed by atoms with van der Waals surface area (Å²) >= 11 is 9.51. The molecule has 4 aromatic rings. The standard InChI is InChI=1S/C24H18BrClN4O3/c25-16-9-10-20(26)19(11-16)24(32)28-22-13-21(23(27)31)29-30(22)17-7-4-8-18(12-17)33-14-15-5-2-1-3-6-15/h1-13H,14H2,(H2,27,31)(H,28,32). The Morgan fingerprint density at radius 2 is 1.82 bits per heavy atom. The van der Waals surface area contributed by atoms with Crippen LogP contribution in [0, 0.1) is 0 Å². The van der Waals surface area contributed by atoms with Crippen molar-refractivity contribution in [1.82, 2.24) is 9.78 Å². The second-order valence-corrected chi connectivity index (χ2v) is 8.36. The molecule has 7 nitrogen and oxygen atoms in total. The Morgan fingerprint density at radius 3 is 2.58 bits per heavy atom. The van der Waals surface area contributed by atoms with Crippen LogP contribution in [0.2, 0.25) is 5.02 Å². The van der Waals surface area contributed by atoms with Gasteiger partial charge in [0.15, 0.2) is 5.69 Å². The molecular weight excluding hydrogens is 508 g/mol. The fraction of sp³-hybridized carbons (Fsp3) is 0.0417. The fourth-order valence-corrected chi connectivity index (χ4v) is 3.65. The van der Waals surface area contributed by atoms with Gasteiger partial charge < -0.3 is 15.8 Å². The van der Waals surface area contributed by atoms with Crippen molar-refractivity contribution in [1.29, 1.82) is 0 Å². The third-order valence-electron chi connectivity index (χ3n) is 4.69. The molecule has 0 saturated heterocycles. The molecule has 0 bridgehead atoms. The Bertz CT molecular complexity index is 1320. The molecule has 2 amide bonds. The minimum Gasteiger partial charge on any atom is -0.489 e.